The molecule has 0 amide bonds. The van der Waals surface area contributed by atoms with Crippen molar-refractivity contribution < 1.29 is 0 Å². The fourth-order valence-corrected chi connectivity index (χ4v) is 3.39. The number of nitrogens with zero attached hydrogens (tertiary/aromatic N) is 1. The van der Waals surface area contributed by atoms with Crippen molar-refractivity contribution in [3.8, 4) is 0 Å². The van der Waals surface area contributed by atoms with Crippen LogP contribution in [0.5, 0.6) is 0 Å². The zero-order chi connectivity index (χ0) is 12.4. The van der Waals surface area contributed by atoms with Crippen LogP contribution in [0, 0.1) is 0 Å². The summed E-state index contributed by atoms with van der Waals surface area (Å²) in [4.78, 5) is 5.83. The Hall–Kier alpha value is -1.19. The molecular weight excluding hydrogens is 240 g/mol. The SMILES string of the molecule is CCc1cnc(CNC2CCc3ccccc32)s1. The van der Waals surface area contributed by atoms with E-state index in [0.717, 1.165) is 13.0 Å². The second-order valence-corrected chi connectivity index (χ2v) is 5.94. The molecule has 0 radical (unpaired) electrons. The van der Waals surface area contributed by atoms with Gasteiger partial charge in [-0.1, -0.05) is 31.2 Å². The van der Waals surface area contributed by atoms with Crippen molar-refractivity contribution in [3.63, 3.8) is 0 Å². The van der Waals surface area contributed by atoms with Gasteiger partial charge in [0.25, 0.3) is 0 Å². The Kier molecular flexibility index (Phi) is 3.43. The molecule has 2 nitrogen and oxygen atoms in total. The lowest BCUT2D eigenvalue weighted by Crippen LogP contribution is -2.18. The number of aromatic nitrogens is 1. The second kappa shape index (κ2) is 5.21. The van der Waals surface area contributed by atoms with Crippen LogP contribution < -0.4 is 5.32 Å². The number of aryl methyl sites for hydroxylation is 2. The van der Waals surface area contributed by atoms with Crippen LogP contribution in [0.25, 0.3) is 0 Å². The maximum absolute atomic E-state index is 4.46. The fraction of sp³-hybridized carbons (Fsp3) is 0.400. The zero-order valence-electron chi connectivity index (χ0n) is 10.6. The van der Waals surface area contributed by atoms with Gasteiger partial charge in [0, 0.05) is 23.7 Å². The van der Waals surface area contributed by atoms with Crippen molar-refractivity contribution in [1.82, 2.24) is 10.3 Å². The summed E-state index contributed by atoms with van der Waals surface area (Å²) in [5.74, 6) is 0. The molecule has 1 aliphatic carbocycles. The molecular formula is C15H18N2S. The predicted octanol–water partition coefficient (Wildman–Crippen LogP) is 3.48. The van der Waals surface area contributed by atoms with Gasteiger partial charge in [-0.3, -0.25) is 0 Å². The molecule has 0 saturated carbocycles. The summed E-state index contributed by atoms with van der Waals surface area (Å²) < 4.78 is 0. The Morgan fingerprint density at radius 2 is 2.28 bits per heavy atom. The van der Waals surface area contributed by atoms with Gasteiger partial charge in [-0.05, 0) is 30.4 Å². The van der Waals surface area contributed by atoms with Crippen molar-refractivity contribution in [1.29, 1.82) is 0 Å². The molecule has 0 fully saturated rings. The van der Waals surface area contributed by atoms with Crippen LogP contribution in [0.1, 0.15) is 40.4 Å². The highest BCUT2D eigenvalue weighted by Crippen LogP contribution is 2.31. The summed E-state index contributed by atoms with van der Waals surface area (Å²) in [5, 5.41) is 4.84. The average Bonchev–Trinajstić information content (AvgIpc) is 3.03. The Morgan fingerprint density at radius 3 is 3.11 bits per heavy atom. The van der Waals surface area contributed by atoms with Crippen molar-refractivity contribution in [3.05, 3.63) is 51.5 Å². The van der Waals surface area contributed by atoms with E-state index in [1.165, 1.54) is 33.9 Å². The first kappa shape index (κ1) is 11.9. The molecule has 0 spiro atoms. The minimum absolute atomic E-state index is 0.509. The maximum Gasteiger partial charge on any atom is 0.107 e. The van der Waals surface area contributed by atoms with E-state index >= 15 is 0 Å². The van der Waals surface area contributed by atoms with E-state index in [0.29, 0.717) is 6.04 Å². The van der Waals surface area contributed by atoms with Gasteiger partial charge in [0.1, 0.15) is 5.01 Å². The van der Waals surface area contributed by atoms with Crippen molar-refractivity contribution in [2.45, 2.75) is 38.8 Å². The summed E-state index contributed by atoms with van der Waals surface area (Å²) in [6, 6.07) is 9.28. The number of fused-ring (bicyclic) bond motifs is 1. The molecule has 3 rings (SSSR count). The highest BCUT2D eigenvalue weighted by molar-refractivity contribution is 7.11. The lowest BCUT2D eigenvalue weighted by molar-refractivity contribution is 0.529. The third kappa shape index (κ3) is 2.33. The van der Waals surface area contributed by atoms with E-state index in [9.17, 15) is 0 Å². The van der Waals surface area contributed by atoms with Gasteiger partial charge in [0.05, 0.1) is 0 Å². The summed E-state index contributed by atoms with van der Waals surface area (Å²) in [6.07, 6.45) is 5.51. The first-order valence-corrected chi connectivity index (χ1v) is 7.43. The van der Waals surface area contributed by atoms with Gasteiger partial charge in [0.15, 0.2) is 0 Å². The van der Waals surface area contributed by atoms with Crippen LogP contribution in [0.3, 0.4) is 0 Å². The fourth-order valence-electron chi connectivity index (χ4n) is 2.57. The van der Waals surface area contributed by atoms with E-state index in [1.807, 2.05) is 17.5 Å². The van der Waals surface area contributed by atoms with E-state index in [1.54, 1.807) is 0 Å². The van der Waals surface area contributed by atoms with Gasteiger partial charge in [-0.25, -0.2) is 4.98 Å². The first-order valence-electron chi connectivity index (χ1n) is 6.61. The number of hydrogen-bond donors (Lipinski definition) is 1. The van der Waals surface area contributed by atoms with Crippen LogP contribution in [-0.2, 0) is 19.4 Å². The normalized spacial score (nSPS) is 17.9. The first-order chi connectivity index (χ1) is 8.86. The predicted molar refractivity (Wildman–Crippen MR) is 75.8 cm³/mol. The number of nitrogens with one attached hydrogen (secondary N) is 1. The molecule has 94 valence electrons. The summed E-state index contributed by atoms with van der Waals surface area (Å²) in [5.41, 5.74) is 2.98. The number of rotatable bonds is 4. The van der Waals surface area contributed by atoms with Gasteiger partial charge >= 0.3 is 0 Å². The van der Waals surface area contributed by atoms with Crippen LogP contribution in [0.4, 0.5) is 0 Å². The maximum atomic E-state index is 4.46. The quantitative estimate of drug-likeness (QED) is 0.908. The van der Waals surface area contributed by atoms with Crippen molar-refractivity contribution in [2.75, 3.05) is 0 Å². The highest BCUT2D eigenvalue weighted by atomic mass is 32.1. The Morgan fingerprint density at radius 1 is 1.39 bits per heavy atom. The minimum Gasteiger partial charge on any atom is -0.304 e. The smallest absolute Gasteiger partial charge is 0.107 e. The third-order valence-electron chi connectivity index (χ3n) is 3.58. The van der Waals surface area contributed by atoms with Crippen LogP contribution in [0.15, 0.2) is 30.5 Å². The van der Waals surface area contributed by atoms with Crippen LogP contribution in [0.2, 0.25) is 0 Å². The average molecular weight is 258 g/mol. The van der Waals surface area contributed by atoms with Gasteiger partial charge in [-0.2, -0.15) is 0 Å². The number of hydrogen-bond acceptors (Lipinski definition) is 3. The Balaban J connectivity index is 1.65. The standard InChI is InChI=1S/C15H18N2S/c1-2-12-9-17-15(18-12)10-16-14-8-7-11-5-3-4-6-13(11)14/h3-6,9,14,16H,2,7-8,10H2,1H3. The van der Waals surface area contributed by atoms with Crippen LogP contribution in [-0.4, -0.2) is 4.98 Å². The van der Waals surface area contributed by atoms with Gasteiger partial charge < -0.3 is 5.32 Å². The summed E-state index contributed by atoms with van der Waals surface area (Å²) in [6.45, 7) is 3.07. The lowest BCUT2D eigenvalue weighted by Gasteiger charge is -2.12. The molecule has 1 aromatic heterocycles. The number of thiazole rings is 1. The van der Waals surface area contributed by atoms with E-state index in [-0.39, 0.29) is 0 Å². The molecule has 3 heteroatoms. The molecule has 1 N–H and O–H groups in total. The topological polar surface area (TPSA) is 24.9 Å². The lowest BCUT2D eigenvalue weighted by atomic mass is 10.1. The molecule has 0 aliphatic heterocycles. The molecule has 18 heavy (non-hydrogen) atoms. The van der Waals surface area contributed by atoms with Crippen LogP contribution >= 0.6 is 11.3 Å². The van der Waals surface area contributed by atoms with Gasteiger partial charge in [-0.15, -0.1) is 11.3 Å². The third-order valence-corrected chi connectivity index (χ3v) is 4.72. The highest BCUT2D eigenvalue weighted by Gasteiger charge is 2.21. The summed E-state index contributed by atoms with van der Waals surface area (Å²) in [7, 11) is 0. The molecule has 1 unspecified atom stereocenters. The zero-order valence-corrected chi connectivity index (χ0v) is 11.5. The summed E-state index contributed by atoms with van der Waals surface area (Å²) >= 11 is 1.82. The van der Waals surface area contributed by atoms with Gasteiger partial charge in [0.2, 0.25) is 0 Å². The molecule has 0 saturated heterocycles. The molecule has 0 bridgehead atoms. The van der Waals surface area contributed by atoms with Crippen molar-refractivity contribution >= 4 is 11.3 Å². The number of benzene rings is 1. The molecule has 2 aromatic rings. The molecule has 1 aromatic carbocycles. The Bertz CT molecular complexity index is 533. The van der Waals surface area contributed by atoms with E-state index in [4.69, 9.17) is 0 Å². The second-order valence-electron chi connectivity index (χ2n) is 4.74. The minimum atomic E-state index is 0.509. The largest absolute Gasteiger partial charge is 0.304 e. The molecule has 1 heterocycles. The molecule has 1 aliphatic rings. The van der Waals surface area contributed by atoms with E-state index in [2.05, 4.69) is 41.5 Å². The Labute approximate surface area is 112 Å². The van der Waals surface area contributed by atoms with Crippen molar-refractivity contribution in [2.24, 2.45) is 0 Å². The van der Waals surface area contributed by atoms with E-state index < -0.39 is 0 Å². The monoisotopic (exact) mass is 258 g/mol. The molecule has 1 atom stereocenters.